The van der Waals surface area contributed by atoms with E-state index in [0.717, 1.165) is 28.1 Å². The fraction of sp³-hybridized carbons (Fsp3) is 0. The molecule has 0 saturated carbocycles. The van der Waals surface area contributed by atoms with Crippen molar-refractivity contribution in [1.82, 2.24) is 13.7 Å². The zero-order chi connectivity index (χ0) is 46.2. The molecule has 3 nitrogen and oxygen atoms in total. The van der Waals surface area contributed by atoms with Crippen LogP contribution in [0.2, 0.25) is 0 Å². The van der Waals surface area contributed by atoms with Crippen LogP contribution in [0.5, 0.6) is 0 Å². The summed E-state index contributed by atoms with van der Waals surface area (Å²) >= 11 is 0. The molecule has 3 aromatic heterocycles. The third-order valence-corrected chi connectivity index (χ3v) is 19.6. The molecule has 70 heavy (non-hydrogen) atoms. The highest BCUT2D eigenvalue weighted by Crippen LogP contribution is 2.43. The van der Waals surface area contributed by atoms with Gasteiger partial charge < -0.3 is 13.7 Å². The van der Waals surface area contributed by atoms with Gasteiger partial charge in [-0.15, -0.1) is 0 Å². The summed E-state index contributed by atoms with van der Waals surface area (Å²) in [4.78, 5) is 0. The van der Waals surface area contributed by atoms with E-state index in [9.17, 15) is 0 Å². The molecule has 0 aliphatic carbocycles. The van der Waals surface area contributed by atoms with Crippen molar-refractivity contribution in [2.75, 3.05) is 0 Å². The van der Waals surface area contributed by atoms with Gasteiger partial charge in [0.15, 0.2) is 8.07 Å². The maximum absolute atomic E-state index is 2.95. The lowest BCUT2D eigenvalue weighted by Crippen LogP contribution is -2.74. The fourth-order valence-corrected chi connectivity index (χ4v) is 17.0. The van der Waals surface area contributed by atoms with E-state index >= 15 is 0 Å². The quantitative estimate of drug-likeness (QED) is 0.107. The van der Waals surface area contributed by atoms with E-state index in [-0.39, 0.29) is 0 Å². The summed E-state index contributed by atoms with van der Waals surface area (Å²) in [6, 6.07) is 101. The van der Waals surface area contributed by atoms with Crippen LogP contribution in [0.25, 0.3) is 93.6 Å². The number of fused-ring (bicyclic) bond motifs is 9. The molecule has 0 radical (unpaired) electrons. The van der Waals surface area contributed by atoms with Gasteiger partial charge in [-0.1, -0.05) is 224 Å². The second-order valence-electron chi connectivity index (χ2n) is 18.4. The zero-order valence-corrected chi connectivity index (χ0v) is 39.3. The van der Waals surface area contributed by atoms with Crippen molar-refractivity contribution in [3.63, 3.8) is 0 Å². The Morgan fingerprint density at radius 1 is 0.271 bits per heavy atom. The third-order valence-electron chi connectivity index (χ3n) is 14.8. The van der Waals surface area contributed by atoms with Gasteiger partial charge in [0.25, 0.3) is 0 Å². The zero-order valence-electron chi connectivity index (χ0n) is 38.3. The Kier molecular flexibility index (Phi) is 9.23. The summed E-state index contributed by atoms with van der Waals surface area (Å²) in [5.74, 6) is 0. The molecule has 14 rings (SSSR count). The molecule has 0 aliphatic rings. The molecule has 0 N–H and O–H groups in total. The normalized spacial score (nSPS) is 12.0. The van der Waals surface area contributed by atoms with Crippen LogP contribution < -0.4 is 20.7 Å². The van der Waals surface area contributed by atoms with Gasteiger partial charge in [0, 0.05) is 43.6 Å². The summed E-state index contributed by atoms with van der Waals surface area (Å²) < 4.78 is 7.55. The topological polar surface area (TPSA) is 14.8 Å². The van der Waals surface area contributed by atoms with Crippen molar-refractivity contribution < 1.29 is 0 Å². The highest BCUT2D eigenvalue weighted by molar-refractivity contribution is 7.20. The minimum Gasteiger partial charge on any atom is -0.309 e. The predicted molar refractivity (Wildman–Crippen MR) is 299 cm³/mol. The summed E-state index contributed by atoms with van der Waals surface area (Å²) in [5, 5.41) is 12.9. The Hall–Kier alpha value is -8.96. The first-order chi connectivity index (χ1) is 34.8. The Balaban J connectivity index is 1.13. The minimum atomic E-state index is -2.95. The molecule has 3 heterocycles. The average molecular weight is 908 g/mol. The van der Waals surface area contributed by atoms with Crippen molar-refractivity contribution in [3.05, 3.63) is 273 Å². The lowest BCUT2D eigenvalue weighted by Gasteiger charge is -2.35. The molecule has 0 atom stereocenters. The maximum atomic E-state index is 2.56. The van der Waals surface area contributed by atoms with Gasteiger partial charge in [-0.05, 0) is 74.8 Å². The summed E-state index contributed by atoms with van der Waals surface area (Å²) in [6.07, 6.45) is 0. The van der Waals surface area contributed by atoms with Crippen LogP contribution in [-0.4, -0.2) is 21.8 Å². The summed E-state index contributed by atoms with van der Waals surface area (Å²) in [6.45, 7) is 0. The molecule has 0 bridgehead atoms. The molecule has 0 amide bonds. The number of aromatic nitrogens is 3. The molecular formula is C66H45N3Si. The molecule has 4 heteroatoms. The van der Waals surface area contributed by atoms with E-state index in [1.165, 1.54) is 86.3 Å². The standard InChI is InChI=1S/C66H45N3Si/c1-5-23-46(24-6-1)51-31-13-17-36-57(51)69-63-45-47(67-58-37-18-14-32-52(58)53-33-15-19-38-59(53)67)43-44-54(63)55-35-21-41-62(66(55)69)68-60-39-20-16-34-56(60)65-61(68)40-22-42-64(65)70(48-25-7-2-8-26-48,49-27-9-3-10-28-49)50-29-11-4-12-30-50/h1-45H. The van der Waals surface area contributed by atoms with E-state index in [0.29, 0.717) is 0 Å². The smallest absolute Gasteiger partial charge is 0.180 e. The van der Waals surface area contributed by atoms with Crippen molar-refractivity contribution in [2.45, 2.75) is 0 Å². The van der Waals surface area contributed by atoms with Crippen molar-refractivity contribution in [2.24, 2.45) is 0 Å². The number of hydrogen-bond acceptors (Lipinski definition) is 0. The van der Waals surface area contributed by atoms with Gasteiger partial charge in [0.05, 0.1) is 44.5 Å². The van der Waals surface area contributed by atoms with Gasteiger partial charge >= 0.3 is 0 Å². The van der Waals surface area contributed by atoms with Gasteiger partial charge in [0.1, 0.15) is 0 Å². The molecular weight excluding hydrogens is 863 g/mol. The minimum absolute atomic E-state index is 1.12. The lowest BCUT2D eigenvalue weighted by atomic mass is 10.0. The van der Waals surface area contributed by atoms with Gasteiger partial charge in [-0.3, -0.25) is 0 Å². The van der Waals surface area contributed by atoms with E-state index in [4.69, 9.17) is 0 Å². The van der Waals surface area contributed by atoms with E-state index in [2.05, 4.69) is 287 Å². The van der Waals surface area contributed by atoms with Gasteiger partial charge in [-0.2, -0.15) is 0 Å². The van der Waals surface area contributed by atoms with E-state index in [1.54, 1.807) is 0 Å². The van der Waals surface area contributed by atoms with E-state index in [1.807, 2.05) is 0 Å². The Bertz CT molecular complexity index is 4130. The Labute approximate surface area is 407 Å². The van der Waals surface area contributed by atoms with Crippen molar-refractivity contribution in [1.29, 1.82) is 0 Å². The van der Waals surface area contributed by atoms with Crippen LogP contribution in [-0.2, 0) is 0 Å². The molecule has 0 unspecified atom stereocenters. The molecule has 328 valence electrons. The monoisotopic (exact) mass is 907 g/mol. The third kappa shape index (κ3) is 5.87. The van der Waals surface area contributed by atoms with Crippen molar-refractivity contribution in [3.8, 4) is 28.2 Å². The van der Waals surface area contributed by atoms with E-state index < -0.39 is 8.07 Å². The van der Waals surface area contributed by atoms with Crippen LogP contribution in [0.1, 0.15) is 0 Å². The molecule has 0 aliphatic heterocycles. The average Bonchev–Trinajstić information content (AvgIpc) is 4.08. The fourth-order valence-electron chi connectivity index (χ4n) is 12.0. The van der Waals surface area contributed by atoms with Crippen molar-refractivity contribution >= 4 is 94.2 Å². The van der Waals surface area contributed by atoms with Crippen LogP contribution in [0.3, 0.4) is 0 Å². The first-order valence-electron chi connectivity index (χ1n) is 24.2. The largest absolute Gasteiger partial charge is 0.309 e. The van der Waals surface area contributed by atoms with Crippen LogP contribution >= 0.6 is 0 Å². The summed E-state index contributed by atoms with van der Waals surface area (Å²) in [7, 11) is -2.95. The molecule has 0 fully saturated rings. The molecule has 0 saturated heterocycles. The highest BCUT2D eigenvalue weighted by Gasteiger charge is 2.43. The highest BCUT2D eigenvalue weighted by atomic mass is 28.3. The molecule has 14 aromatic rings. The Morgan fingerprint density at radius 3 is 1.36 bits per heavy atom. The number of benzene rings is 11. The molecule has 0 spiro atoms. The summed E-state index contributed by atoms with van der Waals surface area (Å²) in [5.41, 5.74) is 12.8. The number of nitrogens with zero attached hydrogens (tertiary/aromatic N) is 3. The van der Waals surface area contributed by atoms with Crippen LogP contribution in [0.15, 0.2) is 273 Å². The van der Waals surface area contributed by atoms with Crippen LogP contribution in [0, 0.1) is 0 Å². The second-order valence-corrected chi connectivity index (χ2v) is 22.1. The first kappa shape index (κ1) is 40.1. The predicted octanol–water partition coefficient (Wildman–Crippen LogP) is 14.0. The maximum Gasteiger partial charge on any atom is 0.180 e. The Morgan fingerprint density at radius 2 is 0.729 bits per heavy atom. The first-order valence-corrected chi connectivity index (χ1v) is 26.2. The second kappa shape index (κ2) is 16.1. The lowest BCUT2D eigenvalue weighted by molar-refractivity contribution is 1.12. The number of rotatable bonds is 8. The van der Waals surface area contributed by atoms with Gasteiger partial charge in [0.2, 0.25) is 0 Å². The number of para-hydroxylation sites is 5. The van der Waals surface area contributed by atoms with Gasteiger partial charge in [-0.25, -0.2) is 0 Å². The number of hydrogen-bond donors (Lipinski definition) is 0. The SMILES string of the molecule is c1ccc(-c2ccccc2-n2c3cc(-n4c5ccccc5c5ccccc54)ccc3c3cccc(-n4c5ccccc5c5c([Si](c6ccccc6)(c6ccccc6)c6ccccc6)cccc54)c32)cc1. The van der Waals surface area contributed by atoms with Crippen LogP contribution in [0.4, 0.5) is 0 Å². The molecule has 11 aromatic carbocycles.